The lowest BCUT2D eigenvalue weighted by molar-refractivity contribution is -0.169. The Kier molecular flexibility index (Phi) is 10.5. The Morgan fingerprint density at radius 2 is 1.48 bits per heavy atom. The van der Waals surface area contributed by atoms with Crippen LogP contribution in [0.15, 0.2) is 12.3 Å². The first-order valence-electron chi connectivity index (χ1n) is 10.1. The monoisotopic (exact) mass is 450 g/mol. The lowest BCUT2D eigenvalue weighted by atomic mass is 9.80. The van der Waals surface area contributed by atoms with Crippen molar-refractivity contribution in [3.63, 3.8) is 0 Å². The van der Waals surface area contributed by atoms with Gasteiger partial charge in [-0.25, -0.2) is 4.57 Å². The van der Waals surface area contributed by atoms with Gasteiger partial charge < -0.3 is 9.26 Å². The first-order chi connectivity index (χ1) is 13.0. The molecule has 0 aromatic carbocycles. The molecule has 1 atom stereocenters. The number of ether oxygens (including phenoxy) is 1. The van der Waals surface area contributed by atoms with Crippen LogP contribution in [-0.2, 0) is 32.5 Å². The average Bonchev–Trinajstić information content (AvgIpc) is 2.50. The summed E-state index contributed by atoms with van der Waals surface area (Å²) in [5.41, 5.74) is -2.21. The van der Waals surface area contributed by atoms with Crippen molar-refractivity contribution < 1.29 is 32.5 Å². The van der Waals surface area contributed by atoms with Crippen LogP contribution >= 0.6 is 7.82 Å². The van der Waals surface area contributed by atoms with Crippen molar-refractivity contribution in [1.82, 2.24) is 0 Å². The summed E-state index contributed by atoms with van der Waals surface area (Å²) in [5, 5.41) is 0. The number of hydrogen-bond acceptors (Lipinski definition) is 7. The van der Waals surface area contributed by atoms with Crippen molar-refractivity contribution in [3.05, 3.63) is 12.3 Å². The number of esters is 1. The van der Waals surface area contributed by atoms with Crippen LogP contribution in [-0.4, -0.2) is 38.6 Å². The smallest absolute Gasteiger partial charge is 0.459 e. The number of phosphoric acid groups is 1. The van der Waals surface area contributed by atoms with Gasteiger partial charge in [-0.3, -0.25) is 18.6 Å². The van der Waals surface area contributed by atoms with Crippen molar-refractivity contribution in [1.29, 1.82) is 0 Å². The molecule has 0 amide bonds. The Hall–Kier alpha value is -0.953. The molecule has 0 N–H and O–H groups in total. The van der Waals surface area contributed by atoms with Crippen molar-refractivity contribution >= 4 is 27.6 Å². The number of ketones is 1. The summed E-state index contributed by atoms with van der Waals surface area (Å²) >= 11 is 0. The zero-order valence-corrected chi connectivity index (χ0v) is 21.4. The van der Waals surface area contributed by atoms with Crippen molar-refractivity contribution in [2.24, 2.45) is 5.41 Å². The fourth-order valence-corrected chi connectivity index (χ4v) is 6.54. The van der Waals surface area contributed by atoms with Crippen LogP contribution < -0.4 is 0 Å². The molecule has 9 heteroatoms. The first kappa shape index (κ1) is 28.0. The number of allylic oxidation sites excluding steroid dienone is 1. The van der Waals surface area contributed by atoms with Crippen LogP contribution in [0.2, 0.25) is 25.7 Å². The molecule has 0 aliphatic heterocycles. The normalized spacial score (nSPS) is 14.8. The number of hydrogen-bond donors (Lipinski definition) is 0. The maximum absolute atomic E-state index is 13.3. The molecule has 0 rings (SSSR count). The molecule has 0 saturated heterocycles. The number of carbonyl (C=O) groups is 2. The second kappa shape index (κ2) is 10.9. The van der Waals surface area contributed by atoms with Gasteiger partial charge in [0.15, 0.2) is 0 Å². The van der Waals surface area contributed by atoms with Crippen molar-refractivity contribution in [3.8, 4) is 0 Å². The van der Waals surface area contributed by atoms with E-state index >= 15 is 0 Å². The molecule has 170 valence electrons. The molecular formula is C20H39O7PSi. The fraction of sp³-hybridized carbons (Fsp3) is 0.800. The van der Waals surface area contributed by atoms with E-state index in [1.54, 1.807) is 41.5 Å². The number of Topliss-reactive ketones (excluding diaryl/α,β-unsaturated/α-hetero) is 1. The number of rotatable bonds is 13. The van der Waals surface area contributed by atoms with Gasteiger partial charge in [0.05, 0.1) is 13.2 Å². The van der Waals surface area contributed by atoms with E-state index < -0.39 is 32.9 Å². The summed E-state index contributed by atoms with van der Waals surface area (Å²) in [7, 11) is -5.79. The van der Waals surface area contributed by atoms with Crippen molar-refractivity contribution in [2.75, 3.05) is 13.2 Å². The number of carbonyl (C=O) groups excluding carboxylic acids is 2. The molecule has 0 aliphatic carbocycles. The van der Waals surface area contributed by atoms with Crippen LogP contribution in [0.5, 0.6) is 0 Å². The minimum atomic E-state index is -3.87. The predicted molar refractivity (Wildman–Crippen MR) is 117 cm³/mol. The largest absolute Gasteiger partial charge is 0.529 e. The first-order valence-corrected chi connectivity index (χ1v) is 15.2. The van der Waals surface area contributed by atoms with E-state index in [-0.39, 0.29) is 37.6 Å². The lowest BCUT2D eigenvalue weighted by Crippen LogP contribution is -2.48. The van der Waals surface area contributed by atoms with Gasteiger partial charge in [0, 0.05) is 20.9 Å². The maximum atomic E-state index is 13.3. The fourth-order valence-electron chi connectivity index (χ4n) is 3.07. The van der Waals surface area contributed by atoms with Gasteiger partial charge in [0.25, 0.3) is 0 Å². The average molecular weight is 451 g/mol. The molecule has 7 nitrogen and oxygen atoms in total. The van der Waals surface area contributed by atoms with Gasteiger partial charge in [0.2, 0.25) is 0 Å². The van der Waals surface area contributed by atoms with Crippen LogP contribution in [0.3, 0.4) is 0 Å². The molecule has 0 aromatic heterocycles. The summed E-state index contributed by atoms with van der Waals surface area (Å²) in [6.45, 7) is 20.6. The highest BCUT2D eigenvalue weighted by Crippen LogP contribution is 2.53. The lowest BCUT2D eigenvalue weighted by Gasteiger charge is -2.37. The minimum absolute atomic E-state index is 0.00106. The Morgan fingerprint density at radius 1 is 1.00 bits per heavy atom. The summed E-state index contributed by atoms with van der Waals surface area (Å²) < 4.78 is 34.1. The molecular weight excluding hydrogens is 411 g/mol. The molecule has 0 bridgehead atoms. The Labute approximate surface area is 177 Å². The Balaban J connectivity index is 6.07. The Morgan fingerprint density at radius 3 is 1.83 bits per heavy atom. The van der Waals surface area contributed by atoms with Gasteiger partial charge in [-0.05, 0) is 40.7 Å². The summed E-state index contributed by atoms with van der Waals surface area (Å²) in [6.07, 6.45) is 0.0224. The van der Waals surface area contributed by atoms with Crippen LogP contribution in [0.25, 0.3) is 0 Å². The van der Waals surface area contributed by atoms with E-state index in [1.807, 2.05) is 0 Å². The highest BCUT2D eigenvalue weighted by atomic mass is 31.2. The van der Waals surface area contributed by atoms with Crippen LogP contribution in [0, 0.1) is 5.41 Å². The quantitative estimate of drug-likeness (QED) is 0.116. The summed E-state index contributed by atoms with van der Waals surface area (Å²) in [5.74, 6) is -0.852. The third-order valence-corrected chi connectivity index (χ3v) is 7.09. The molecule has 0 spiro atoms. The molecule has 0 radical (unpaired) electrons. The zero-order chi connectivity index (χ0) is 23.1. The van der Waals surface area contributed by atoms with Gasteiger partial charge >= 0.3 is 13.8 Å². The maximum Gasteiger partial charge on any atom is 0.529 e. The van der Waals surface area contributed by atoms with Gasteiger partial charge in [-0.2, -0.15) is 0 Å². The molecule has 0 aromatic rings. The summed E-state index contributed by atoms with van der Waals surface area (Å²) in [6, 6.07) is 0.359. The molecule has 0 aliphatic rings. The highest BCUT2D eigenvalue weighted by molar-refractivity contribution is 7.48. The van der Waals surface area contributed by atoms with E-state index in [9.17, 15) is 14.2 Å². The van der Waals surface area contributed by atoms with E-state index in [0.29, 0.717) is 6.04 Å². The Bertz CT molecular complexity index is 624. The van der Waals surface area contributed by atoms with E-state index in [2.05, 4.69) is 26.2 Å². The SMILES string of the molecule is C=C(CC(C[Si](C)(C)C)(C(=O)CC)C(=O)OC(C)(C)C)OP(=O)(OCC)OCC. The topological polar surface area (TPSA) is 88.1 Å². The van der Waals surface area contributed by atoms with Crippen LogP contribution in [0.1, 0.15) is 54.4 Å². The standard InChI is InChI=1S/C20H39O7PSi/c1-11-17(21)20(15-29(8,9)10,18(22)26-19(5,6)7)14-16(4)27-28(23,24-12-2)25-13-3/h4,11-15H2,1-3,5-10H3. The second-order valence-electron chi connectivity index (χ2n) is 9.19. The molecule has 1 unspecified atom stereocenters. The highest BCUT2D eigenvalue weighted by Gasteiger charge is 2.51. The van der Waals surface area contributed by atoms with E-state index in [1.165, 1.54) is 0 Å². The zero-order valence-electron chi connectivity index (χ0n) is 19.5. The van der Waals surface area contributed by atoms with Gasteiger partial charge in [-0.15, -0.1) is 0 Å². The number of phosphoric ester groups is 1. The molecule has 0 saturated carbocycles. The van der Waals surface area contributed by atoms with Gasteiger partial charge in [0.1, 0.15) is 22.6 Å². The van der Waals surface area contributed by atoms with Crippen molar-refractivity contribution in [2.45, 2.75) is 85.7 Å². The predicted octanol–water partition coefficient (Wildman–Crippen LogP) is 5.73. The summed E-state index contributed by atoms with van der Waals surface area (Å²) in [4.78, 5) is 26.3. The van der Waals surface area contributed by atoms with E-state index in [4.69, 9.17) is 18.3 Å². The van der Waals surface area contributed by atoms with Crippen LogP contribution in [0.4, 0.5) is 0 Å². The molecule has 29 heavy (non-hydrogen) atoms. The molecule has 0 fully saturated rings. The van der Waals surface area contributed by atoms with E-state index in [0.717, 1.165) is 0 Å². The third-order valence-electron chi connectivity index (χ3n) is 3.79. The third kappa shape index (κ3) is 9.60. The van der Waals surface area contributed by atoms with Gasteiger partial charge in [-0.1, -0.05) is 33.1 Å². The second-order valence-corrected chi connectivity index (χ2v) is 16.3. The molecule has 0 heterocycles. The minimum Gasteiger partial charge on any atom is -0.459 e.